The van der Waals surface area contributed by atoms with Crippen LogP contribution in [0.25, 0.3) is 0 Å². The number of para-hydroxylation sites is 1. The summed E-state index contributed by atoms with van der Waals surface area (Å²) >= 11 is 0. The monoisotopic (exact) mass is 521 g/mol. The molecule has 6 atom stereocenters. The van der Waals surface area contributed by atoms with Gasteiger partial charge in [-0.3, -0.25) is 13.9 Å². The summed E-state index contributed by atoms with van der Waals surface area (Å²) in [6, 6.07) is 10.3. The fourth-order valence-electron chi connectivity index (χ4n) is 3.39. The van der Waals surface area contributed by atoms with Gasteiger partial charge in [-0.15, -0.1) is 0 Å². The molecule has 0 spiro atoms. The van der Waals surface area contributed by atoms with Gasteiger partial charge in [0.25, 0.3) is 0 Å². The van der Waals surface area contributed by atoms with E-state index < -0.39 is 62.5 Å². The lowest BCUT2D eigenvalue weighted by Gasteiger charge is -2.25. The third-order valence-corrected chi connectivity index (χ3v) is 6.72. The highest BCUT2D eigenvalue weighted by Crippen LogP contribution is 2.46. The smallest absolute Gasteiger partial charge is 0.459 e. The summed E-state index contributed by atoms with van der Waals surface area (Å²) in [6.45, 7) is 4.27. The first-order valence-corrected chi connectivity index (χ1v) is 12.6. The summed E-state index contributed by atoms with van der Waals surface area (Å²) < 4.78 is 36.6. The number of nitrogens with two attached hydrogens (primary N) is 1. The lowest BCUT2D eigenvalue weighted by Crippen LogP contribution is -2.37. The van der Waals surface area contributed by atoms with Gasteiger partial charge in [-0.25, -0.2) is 9.36 Å². The van der Waals surface area contributed by atoms with Crippen LogP contribution in [0.15, 0.2) is 47.4 Å². The number of esters is 1. The number of nitrogens with zero attached hydrogens (tertiary/aromatic N) is 3. The SMILES string of the molecule is CC(C)OC(=O)C(C)NP(=O)(OCC1OC(n2ccc(N)nc2=O)C(C#N)C1O)Oc1ccccc1. The molecular weight excluding hydrogens is 493 g/mol. The molecule has 14 heteroatoms. The quantitative estimate of drug-likeness (QED) is 0.301. The van der Waals surface area contributed by atoms with Crippen LogP contribution in [-0.2, 0) is 23.4 Å². The molecule has 13 nitrogen and oxygen atoms in total. The maximum absolute atomic E-state index is 13.6. The first-order valence-electron chi connectivity index (χ1n) is 11.1. The Morgan fingerprint density at radius 1 is 1.33 bits per heavy atom. The predicted molar refractivity (Wildman–Crippen MR) is 126 cm³/mol. The molecule has 1 saturated heterocycles. The Morgan fingerprint density at radius 3 is 2.64 bits per heavy atom. The molecule has 4 N–H and O–H groups in total. The zero-order valence-corrected chi connectivity index (χ0v) is 20.8. The molecule has 1 aromatic carbocycles. The number of anilines is 1. The van der Waals surface area contributed by atoms with Crippen molar-refractivity contribution in [3.8, 4) is 11.8 Å². The molecule has 3 rings (SSSR count). The second-order valence-electron chi connectivity index (χ2n) is 8.29. The molecule has 2 aromatic rings. The van der Waals surface area contributed by atoms with Crippen molar-refractivity contribution >= 4 is 19.5 Å². The van der Waals surface area contributed by atoms with E-state index in [1.165, 1.54) is 31.3 Å². The van der Waals surface area contributed by atoms with Gasteiger partial charge in [0, 0.05) is 6.20 Å². The Morgan fingerprint density at radius 2 is 2.03 bits per heavy atom. The van der Waals surface area contributed by atoms with Gasteiger partial charge in [0.2, 0.25) is 0 Å². The Bertz CT molecular complexity index is 1200. The van der Waals surface area contributed by atoms with Crippen LogP contribution < -0.4 is 21.0 Å². The lowest BCUT2D eigenvalue weighted by molar-refractivity contribution is -0.149. The number of nitrogen functional groups attached to an aromatic ring is 1. The first kappa shape index (κ1) is 27.3. The molecule has 1 aliphatic rings. The summed E-state index contributed by atoms with van der Waals surface area (Å²) in [5.41, 5.74) is 4.74. The molecule has 36 heavy (non-hydrogen) atoms. The van der Waals surface area contributed by atoms with Crippen molar-refractivity contribution in [2.24, 2.45) is 5.92 Å². The van der Waals surface area contributed by atoms with Crippen LogP contribution in [0.1, 0.15) is 27.0 Å². The highest BCUT2D eigenvalue weighted by atomic mass is 31.2. The van der Waals surface area contributed by atoms with Gasteiger partial charge < -0.3 is 24.8 Å². The summed E-state index contributed by atoms with van der Waals surface area (Å²) in [4.78, 5) is 28.1. The van der Waals surface area contributed by atoms with Crippen LogP contribution >= 0.6 is 7.75 Å². The standard InChI is InChI=1S/C22H28N5O8P/c1-13(2)33-21(29)14(3)26-36(31,35-15-7-5-4-6-8-15)32-12-17-19(28)16(11-23)20(34-17)27-10-9-18(24)25-22(27)30/h4-10,13-14,16-17,19-20,28H,12H2,1-3H3,(H,26,31)(H2,24,25,30). The topological polar surface area (TPSA) is 188 Å². The Balaban J connectivity index is 1.78. The van der Waals surface area contributed by atoms with E-state index in [-0.39, 0.29) is 11.6 Å². The Labute approximate surface area is 207 Å². The number of benzene rings is 1. The fraction of sp³-hybridized carbons (Fsp3) is 0.455. The molecule has 194 valence electrons. The predicted octanol–water partition coefficient (Wildman–Crippen LogP) is 1.36. The molecule has 0 amide bonds. The van der Waals surface area contributed by atoms with Gasteiger partial charge in [-0.1, -0.05) is 18.2 Å². The van der Waals surface area contributed by atoms with Crippen molar-refractivity contribution in [1.82, 2.24) is 14.6 Å². The minimum absolute atomic E-state index is 0.0154. The normalized spacial score (nSPS) is 24.0. The average Bonchev–Trinajstić information content (AvgIpc) is 3.12. The van der Waals surface area contributed by atoms with Crippen molar-refractivity contribution in [3.05, 3.63) is 53.1 Å². The molecule has 1 aromatic heterocycles. The van der Waals surface area contributed by atoms with E-state index in [1.54, 1.807) is 32.0 Å². The van der Waals surface area contributed by atoms with Crippen molar-refractivity contribution in [2.75, 3.05) is 12.3 Å². The Kier molecular flexibility index (Phi) is 8.84. The molecule has 6 unspecified atom stereocenters. The molecular formula is C22H28N5O8P. The maximum atomic E-state index is 13.6. The van der Waals surface area contributed by atoms with Crippen LogP contribution in [0, 0.1) is 17.2 Å². The van der Waals surface area contributed by atoms with Crippen LogP contribution in [0.4, 0.5) is 5.82 Å². The maximum Gasteiger partial charge on any atom is 0.459 e. The number of aromatic nitrogens is 2. The minimum Gasteiger partial charge on any atom is -0.462 e. The van der Waals surface area contributed by atoms with E-state index in [1.807, 2.05) is 6.07 Å². The third-order valence-electron chi connectivity index (χ3n) is 5.08. The van der Waals surface area contributed by atoms with Crippen molar-refractivity contribution in [1.29, 1.82) is 5.26 Å². The van der Waals surface area contributed by atoms with Gasteiger partial charge in [0.05, 0.1) is 18.8 Å². The van der Waals surface area contributed by atoms with E-state index >= 15 is 0 Å². The van der Waals surface area contributed by atoms with E-state index in [2.05, 4.69) is 10.1 Å². The number of carbonyl (C=O) groups excluding carboxylic acids is 1. The number of ether oxygens (including phenoxy) is 2. The molecule has 0 radical (unpaired) electrons. The third kappa shape index (κ3) is 6.69. The second-order valence-corrected chi connectivity index (χ2v) is 9.98. The number of hydrogen-bond donors (Lipinski definition) is 3. The number of nitrogens with one attached hydrogen (secondary N) is 1. The summed E-state index contributed by atoms with van der Waals surface area (Å²) in [7, 11) is -4.23. The minimum atomic E-state index is -4.23. The van der Waals surface area contributed by atoms with E-state index in [9.17, 15) is 24.5 Å². The molecule has 2 heterocycles. The number of aliphatic hydroxyl groups excluding tert-OH is 1. The molecule has 0 saturated carbocycles. The number of rotatable bonds is 10. The molecule has 0 bridgehead atoms. The molecule has 0 aliphatic carbocycles. The fourth-order valence-corrected chi connectivity index (χ4v) is 4.89. The zero-order valence-electron chi connectivity index (χ0n) is 19.9. The highest BCUT2D eigenvalue weighted by Gasteiger charge is 2.47. The van der Waals surface area contributed by atoms with E-state index in [0.29, 0.717) is 0 Å². The molecule has 1 aliphatic heterocycles. The molecule has 1 fully saturated rings. The van der Waals surface area contributed by atoms with E-state index in [0.717, 1.165) is 4.57 Å². The van der Waals surface area contributed by atoms with Gasteiger partial charge in [0.15, 0.2) is 6.23 Å². The van der Waals surface area contributed by atoms with Crippen molar-refractivity contribution in [2.45, 2.75) is 51.4 Å². The van der Waals surface area contributed by atoms with Crippen LogP contribution in [0.5, 0.6) is 5.75 Å². The number of carbonyl (C=O) groups is 1. The largest absolute Gasteiger partial charge is 0.462 e. The van der Waals surface area contributed by atoms with Gasteiger partial charge in [0.1, 0.15) is 35.7 Å². The van der Waals surface area contributed by atoms with Gasteiger partial charge >= 0.3 is 19.4 Å². The van der Waals surface area contributed by atoms with Crippen molar-refractivity contribution < 1.29 is 33.0 Å². The highest BCUT2D eigenvalue weighted by molar-refractivity contribution is 7.52. The zero-order chi connectivity index (χ0) is 26.5. The van der Waals surface area contributed by atoms with Crippen LogP contribution in [-0.4, -0.2) is 51.6 Å². The van der Waals surface area contributed by atoms with E-state index in [4.69, 9.17) is 24.3 Å². The summed E-state index contributed by atoms with van der Waals surface area (Å²) in [6.07, 6.45) is -2.87. The number of hydrogen-bond acceptors (Lipinski definition) is 11. The van der Waals surface area contributed by atoms with Gasteiger partial charge in [-0.05, 0) is 39.0 Å². The summed E-state index contributed by atoms with van der Waals surface area (Å²) in [5, 5.41) is 22.8. The number of aliphatic hydroxyl groups is 1. The van der Waals surface area contributed by atoms with Crippen molar-refractivity contribution in [3.63, 3.8) is 0 Å². The van der Waals surface area contributed by atoms with Gasteiger partial charge in [-0.2, -0.15) is 15.3 Å². The lowest BCUT2D eigenvalue weighted by atomic mass is 10.0. The first-order chi connectivity index (χ1) is 17.0. The van der Waals surface area contributed by atoms with Crippen LogP contribution in [0.2, 0.25) is 0 Å². The Hall–Kier alpha value is -3.27. The second kappa shape index (κ2) is 11.6. The number of nitriles is 1. The van der Waals surface area contributed by atoms with Crippen LogP contribution in [0.3, 0.4) is 0 Å². The summed E-state index contributed by atoms with van der Waals surface area (Å²) in [5.74, 6) is -1.66. The average molecular weight is 521 g/mol.